The van der Waals surface area contributed by atoms with Crippen LogP contribution < -0.4 is 16.0 Å². The number of amides is 3. The first-order valence-corrected chi connectivity index (χ1v) is 10.3. The highest BCUT2D eigenvalue weighted by molar-refractivity contribution is 6.07. The SMILES string of the molecule is CC1=C(C(=O)Nc2ccc3[nH]ncc3c2)C(c2cccc(-c3ccccc3)c2)NC(=O)N1. The number of hydrogen-bond donors (Lipinski definition) is 4. The fourth-order valence-electron chi connectivity index (χ4n) is 3.99. The van der Waals surface area contributed by atoms with Crippen molar-refractivity contribution in [3.63, 3.8) is 0 Å². The fourth-order valence-corrected chi connectivity index (χ4v) is 3.99. The number of fused-ring (bicyclic) bond motifs is 1. The van der Waals surface area contributed by atoms with Crippen molar-refractivity contribution < 1.29 is 9.59 Å². The molecular weight excluding hydrogens is 402 g/mol. The number of nitrogens with one attached hydrogen (secondary N) is 4. The summed E-state index contributed by atoms with van der Waals surface area (Å²) in [5.41, 5.74) is 5.43. The van der Waals surface area contributed by atoms with Gasteiger partial charge in [-0.3, -0.25) is 9.89 Å². The summed E-state index contributed by atoms with van der Waals surface area (Å²) in [6.45, 7) is 1.74. The van der Waals surface area contributed by atoms with E-state index in [1.807, 2.05) is 72.8 Å². The van der Waals surface area contributed by atoms with Crippen LogP contribution in [0, 0.1) is 0 Å². The maximum atomic E-state index is 13.3. The van der Waals surface area contributed by atoms with E-state index < -0.39 is 6.04 Å². The number of carbonyl (C=O) groups is 2. The second-order valence-corrected chi connectivity index (χ2v) is 7.69. The summed E-state index contributed by atoms with van der Waals surface area (Å²) >= 11 is 0. The van der Waals surface area contributed by atoms with Crippen molar-refractivity contribution >= 4 is 28.5 Å². The Hall–Kier alpha value is -4.39. The number of aromatic nitrogens is 2. The molecule has 5 rings (SSSR count). The summed E-state index contributed by atoms with van der Waals surface area (Å²) < 4.78 is 0. The first-order chi connectivity index (χ1) is 15.6. The predicted molar refractivity (Wildman–Crippen MR) is 124 cm³/mol. The lowest BCUT2D eigenvalue weighted by Gasteiger charge is -2.29. The van der Waals surface area contributed by atoms with Crippen molar-refractivity contribution in [1.82, 2.24) is 20.8 Å². The van der Waals surface area contributed by atoms with Crippen LogP contribution in [-0.2, 0) is 4.79 Å². The zero-order valence-electron chi connectivity index (χ0n) is 17.3. The van der Waals surface area contributed by atoms with Gasteiger partial charge in [-0.25, -0.2) is 4.79 Å². The molecule has 0 fully saturated rings. The van der Waals surface area contributed by atoms with E-state index in [2.05, 4.69) is 26.1 Å². The summed E-state index contributed by atoms with van der Waals surface area (Å²) in [4.78, 5) is 25.6. The monoisotopic (exact) mass is 423 g/mol. The van der Waals surface area contributed by atoms with Gasteiger partial charge in [-0.2, -0.15) is 5.10 Å². The standard InChI is InChI=1S/C25H21N5O2/c1-15-22(24(31)28-20-10-11-21-19(13-20)14-26-30-21)23(29-25(32)27-15)18-9-5-8-17(12-18)16-6-3-2-4-7-16/h2-14,23H,1H3,(H,26,30)(H,28,31)(H2,27,29,32). The third-order valence-electron chi connectivity index (χ3n) is 5.54. The molecule has 2 heterocycles. The molecule has 4 aromatic rings. The Balaban J connectivity index is 1.49. The Morgan fingerprint density at radius 2 is 1.78 bits per heavy atom. The van der Waals surface area contributed by atoms with Gasteiger partial charge in [0.25, 0.3) is 5.91 Å². The van der Waals surface area contributed by atoms with E-state index in [9.17, 15) is 9.59 Å². The highest BCUT2D eigenvalue weighted by Crippen LogP contribution is 2.31. The molecule has 1 aliphatic heterocycles. The van der Waals surface area contributed by atoms with Crippen molar-refractivity contribution in [2.45, 2.75) is 13.0 Å². The van der Waals surface area contributed by atoms with Crippen LogP contribution in [0.1, 0.15) is 18.5 Å². The fraction of sp³-hybridized carbons (Fsp3) is 0.0800. The number of hydrogen-bond acceptors (Lipinski definition) is 3. The van der Waals surface area contributed by atoms with Gasteiger partial charge in [-0.15, -0.1) is 0 Å². The number of benzene rings is 3. The van der Waals surface area contributed by atoms with Crippen LogP contribution in [0.2, 0.25) is 0 Å². The normalized spacial score (nSPS) is 15.9. The molecule has 7 heteroatoms. The number of carbonyl (C=O) groups excluding carboxylic acids is 2. The third-order valence-corrected chi connectivity index (χ3v) is 5.54. The van der Waals surface area contributed by atoms with Crippen LogP contribution >= 0.6 is 0 Å². The molecule has 0 spiro atoms. The summed E-state index contributed by atoms with van der Waals surface area (Å²) in [6.07, 6.45) is 1.70. The van der Waals surface area contributed by atoms with Crippen LogP contribution in [0.4, 0.5) is 10.5 Å². The molecule has 7 nitrogen and oxygen atoms in total. The molecule has 0 bridgehead atoms. The van der Waals surface area contributed by atoms with Crippen molar-refractivity contribution in [3.8, 4) is 11.1 Å². The molecule has 1 aromatic heterocycles. The Kier molecular flexibility index (Phi) is 4.91. The predicted octanol–water partition coefficient (Wildman–Crippen LogP) is 4.50. The average Bonchev–Trinajstić information content (AvgIpc) is 3.27. The number of nitrogens with zero attached hydrogens (tertiary/aromatic N) is 1. The molecular formula is C25H21N5O2. The Bertz CT molecular complexity index is 1360. The van der Waals surface area contributed by atoms with Gasteiger partial charge in [-0.1, -0.05) is 48.5 Å². The van der Waals surface area contributed by atoms with Gasteiger partial charge in [0.05, 0.1) is 23.3 Å². The minimum absolute atomic E-state index is 0.284. The smallest absolute Gasteiger partial charge is 0.319 e. The molecule has 3 aromatic carbocycles. The lowest BCUT2D eigenvalue weighted by Crippen LogP contribution is -2.46. The van der Waals surface area contributed by atoms with Crippen molar-refractivity contribution in [1.29, 1.82) is 0 Å². The van der Waals surface area contributed by atoms with Gasteiger partial charge in [0.1, 0.15) is 0 Å². The van der Waals surface area contributed by atoms with Gasteiger partial charge >= 0.3 is 6.03 Å². The van der Waals surface area contributed by atoms with E-state index in [-0.39, 0.29) is 11.9 Å². The van der Waals surface area contributed by atoms with Crippen LogP contribution in [0.25, 0.3) is 22.0 Å². The largest absolute Gasteiger partial charge is 0.327 e. The molecule has 32 heavy (non-hydrogen) atoms. The van der Waals surface area contributed by atoms with Gasteiger partial charge in [0, 0.05) is 16.8 Å². The third kappa shape index (κ3) is 3.72. The van der Waals surface area contributed by atoms with Gasteiger partial charge in [0.15, 0.2) is 0 Å². The number of aromatic amines is 1. The zero-order chi connectivity index (χ0) is 22.1. The number of anilines is 1. The topological polar surface area (TPSA) is 98.9 Å². The van der Waals surface area contributed by atoms with E-state index in [1.54, 1.807) is 13.1 Å². The summed E-state index contributed by atoms with van der Waals surface area (Å²) in [7, 11) is 0. The van der Waals surface area contributed by atoms with Gasteiger partial charge in [-0.05, 0) is 47.9 Å². The highest BCUT2D eigenvalue weighted by atomic mass is 16.2. The first kappa shape index (κ1) is 19.6. The average molecular weight is 423 g/mol. The summed E-state index contributed by atoms with van der Waals surface area (Å²) in [6, 6.07) is 22.5. The van der Waals surface area contributed by atoms with Crippen LogP contribution in [0.3, 0.4) is 0 Å². The Morgan fingerprint density at radius 3 is 2.62 bits per heavy atom. The van der Waals surface area contributed by atoms with Crippen molar-refractivity contribution in [2.75, 3.05) is 5.32 Å². The molecule has 0 radical (unpaired) electrons. The molecule has 1 unspecified atom stereocenters. The molecule has 3 amide bonds. The Morgan fingerprint density at radius 1 is 0.969 bits per heavy atom. The molecule has 0 saturated carbocycles. The van der Waals surface area contributed by atoms with E-state index >= 15 is 0 Å². The lowest BCUT2D eigenvalue weighted by molar-refractivity contribution is -0.113. The molecule has 1 atom stereocenters. The highest BCUT2D eigenvalue weighted by Gasteiger charge is 2.31. The van der Waals surface area contributed by atoms with Gasteiger partial charge in [0.2, 0.25) is 0 Å². The maximum Gasteiger partial charge on any atom is 0.319 e. The first-order valence-electron chi connectivity index (χ1n) is 10.3. The summed E-state index contributed by atoms with van der Waals surface area (Å²) in [5, 5.41) is 16.4. The van der Waals surface area contributed by atoms with Crippen LogP contribution in [-0.4, -0.2) is 22.1 Å². The quantitative estimate of drug-likeness (QED) is 0.389. The van der Waals surface area contributed by atoms with Crippen molar-refractivity contribution in [2.24, 2.45) is 0 Å². The maximum absolute atomic E-state index is 13.3. The minimum Gasteiger partial charge on any atom is -0.327 e. The van der Waals surface area contributed by atoms with E-state index in [0.29, 0.717) is 17.0 Å². The number of rotatable bonds is 4. The molecule has 0 aliphatic carbocycles. The molecule has 0 saturated heterocycles. The molecule has 1 aliphatic rings. The van der Waals surface area contributed by atoms with E-state index in [1.165, 1.54) is 0 Å². The second kappa shape index (κ2) is 8.03. The second-order valence-electron chi connectivity index (χ2n) is 7.69. The number of urea groups is 1. The minimum atomic E-state index is -0.579. The number of H-pyrrole nitrogens is 1. The lowest BCUT2D eigenvalue weighted by atomic mass is 9.92. The van der Waals surface area contributed by atoms with Crippen LogP contribution in [0.15, 0.2) is 90.3 Å². The Labute approximate surface area is 184 Å². The van der Waals surface area contributed by atoms with E-state index in [4.69, 9.17) is 0 Å². The van der Waals surface area contributed by atoms with E-state index in [0.717, 1.165) is 27.6 Å². The molecule has 4 N–H and O–H groups in total. The van der Waals surface area contributed by atoms with Gasteiger partial charge < -0.3 is 16.0 Å². The number of allylic oxidation sites excluding steroid dienone is 1. The zero-order valence-corrected chi connectivity index (χ0v) is 17.3. The van der Waals surface area contributed by atoms with Crippen molar-refractivity contribution in [3.05, 3.63) is 95.8 Å². The summed E-state index contributed by atoms with van der Waals surface area (Å²) in [5.74, 6) is -0.284. The van der Waals surface area contributed by atoms with Crippen LogP contribution in [0.5, 0.6) is 0 Å². The molecule has 158 valence electrons.